The zero-order chi connectivity index (χ0) is 12.8. The summed E-state index contributed by atoms with van der Waals surface area (Å²) in [4.78, 5) is 1.22. The highest BCUT2D eigenvalue weighted by Crippen LogP contribution is 2.25. The third kappa shape index (κ3) is 3.41. The molecule has 2 heterocycles. The Balaban J connectivity index is 1.89. The van der Waals surface area contributed by atoms with Crippen LogP contribution in [0.2, 0.25) is 0 Å². The van der Waals surface area contributed by atoms with Crippen molar-refractivity contribution in [2.75, 3.05) is 13.2 Å². The standard InChI is InChI=1S/C13H19N3OS/c1-10(4-5-17)7-14-8-11-9-15-16-13(11)12-3-2-6-18-12/h2-3,6,9-10,14,17H,4-5,7-8H2,1H3,(H,15,16). The summed E-state index contributed by atoms with van der Waals surface area (Å²) in [6, 6.07) is 4.14. The maximum atomic E-state index is 8.85. The van der Waals surface area contributed by atoms with Gasteiger partial charge in [0.25, 0.3) is 0 Å². The van der Waals surface area contributed by atoms with Crippen LogP contribution in [0.25, 0.3) is 10.6 Å². The molecule has 0 spiro atoms. The SMILES string of the molecule is CC(CCO)CNCc1cn[nH]c1-c1cccs1. The Morgan fingerprint density at radius 2 is 2.44 bits per heavy atom. The lowest BCUT2D eigenvalue weighted by Gasteiger charge is -2.10. The third-order valence-electron chi connectivity index (χ3n) is 2.92. The predicted molar refractivity (Wildman–Crippen MR) is 74.5 cm³/mol. The summed E-state index contributed by atoms with van der Waals surface area (Å²) in [5, 5.41) is 21.5. The van der Waals surface area contributed by atoms with Crippen molar-refractivity contribution in [1.82, 2.24) is 15.5 Å². The molecule has 0 aromatic carbocycles. The van der Waals surface area contributed by atoms with Gasteiger partial charge in [-0.1, -0.05) is 13.0 Å². The molecule has 2 rings (SSSR count). The van der Waals surface area contributed by atoms with E-state index in [2.05, 4.69) is 33.9 Å². The fraction of sp³-hybridized carbons (Fsp3) is 0.462. The van der Waals surface area contributed by atoms with Gasteiger partial charge >= 0.3 is 0 Å². The molecule has 0 bridgehead atoms. The molecule has 0 aliphatic carbocycles. The van der Waals surface area contributed by atoms with Gasteiger partial charge in [0.05, 0.1) is 16.8 Å². The highest BCUT2D eigenvalue weighted by molar-refractivity contribution is 7.13. The topological polar surface area (TPSA) is 60.9 Å². The number of hydrogen-bond acceptors (Lipinski definition) is 4. The van der Waals surface area contributed by atoms with Gasteiger partial charge in [0.2, 0.25) is 0 Å². The first-order valence-corrected chi connectivity index (χ1v) is 7.07. The van der Waals surface area contributed by atoms with E-state index in [0.29, 0.717) is 5.92 Å². The summed E-state index contributed by atoms with van der Waals surface area (Å²) in [6.45, 7) is 4.11. The monoisotopic (exact) mass is 265 g/mol. The predicted octanol–water partition coefficient (Wildman–Crippen LogP) is 2.25. The highest BCUT2D eigenvalue weighted by atomic mass is 32.1. The molecule has 0 amide bonds. The Labute approximate surface area is 111 Å². The van der Waals surface area contributed by atoms with Gasteiger partial charge in [0.1, 0.15) is 0 Å². The Morgan fingerprint density at radius 3 is 3.17 bits per heavy atom. The van der Waals surface area contributed by atoms with Crippen LogP contribution in [0.15, 0.2) is 23.7 Å². The lowest BCUT2D eigenvalue weighted by molar-refractivity contribution is 0.260. The molecule has 18 heavy (non-hydrogen) atoms. The summed E-state index contributed by atoms with van der Waals surface area (Å²) in [6.07, 6.45) is 2.72. The van der Waals surface area contributed by atoms with Crippen LogP contribution < -0.4 is 5.32 Å². The van der Waals surface area contributed by atoms with Gasteiger partial charge in [0.15, 0.2) is 0 Å². The van der Waals surface area contributed by atoms with Gasteiger partial charge in [-0.3, -0.25) is 5.10 Å². The van der Waals surface area contributed by atoms with Crippen LogP contribution >= 0.6 is 11.3 Å². The molecular weight excluding hydrogens is 246 g/mol. The number of nitrogens with zero attached hydrogens (tertiary/aromatic N) is 1. The van der Waals surface area contributed by atoms with Crippen molar-refractivity contribution < 1.29 is 5.11 Å². The van der Waals surface area contributed by atoms with Crippen LogP contribution in [-0.4, -0.2) is 28.5 Å². The van der Waals surface area contributed by atoms with Crippen LogP contribution in [0.1, 0.15) is 18.9 Å². The zero-order valence-corrected chi connectivity index (χ0v) is 11.3. The summed E-state index contributed by atoms with van der Waals surface area (Å²) >= 11 is 1.71. The first kappa shape index (κ1) is 13.3. The van der Waals surface area contributed by atoms with Crippen LogP contribution in [-0.2, 0) is 6.54 Å². The van der Waals surface area contributed by atoms with E-state index in [1.807, 2.05) is 12.3 Å². The second-order valence-electron chi connectivity index (χ2n) is 4.50. The van der Waals surface area contributed by atoms with Crippen molar-refractivity contribution in [1.29, 1.82) is 0 Å². The fourth-order valence-corrected chi connectivity index (χ4v) is 2.61. The van der Waals surface area contributed by atoms with E-state index in [9.17, 15) is 0 Å². The van der Waals surface area contributed by atoms with E-state index < -0.39 is 0 Å². The second-order valence-corrected chi connectivity index (χ2v) is 5.44. The van der Waals surface area contributed by atoms with E-state index in [0.717, 1.165) is 25.2 Å². The molecular formula is C13H19N3OS. The summed E-state index contributed by atoms with van der Waals surface area (Å²) < 4.78 is 0. The average Bonchev–Trinajstić information content (AvgIpc) is 2.98. The Bertz CT molecular complexity index is 453. The summed E-state index contributed by atoms with van der Waals surface area (Å²) in [5.74, 6) is 0.493. The number of aromatic nitrogens is 2. The average molecular weight is 265 g/mol. The van der Waals surface area contributed by atoms with Crippen molar-refractivity contribution in [2.24, 2.45) is 5.92 Å². The largest absolute Gasteiger partial charge is 0.396 e. The summed E-state index contributed by atoms with van der Waals surface area (Å²) in [5.41, 5.74) is 2.29. The van der Waals surface area contributed by atoms with Crippen LogP contribution in [0.5, 0.6) is 0 Å². The third-order valence-corrected chi connectivity index (χ3v) is 3.80. The maximum absolute atomic E-state index is 8.85. The van der Waals surface area contributed by atoms with Crippen molar-refractivity contribution in [2.45, 2.75) is 19.9 Å². The molecule has 5 heteroatoms. The number of nitrogens with one attached hydrogen (secondary N) is 2. The second kappa shape index (κ2) is 6.68. The van der Waals surface area contributed by atoms with Crippen LogP contribution in [0.4, 0.5) is 0 Å². The minimum atomic E-state index is 0.259. The van der Waals surface area contributed by atoms with E-state index in [1.165, 1.54) is 10.4 Å². The van der Waals surface area contributed by atoms with Gasteiger partial charge in [-0.15, -0.1) is 11.3 Å². The number of rotatable bonds is 7. The van der Waals surface area contributed by atoms with Crippen LogP contribution in [0.3, 0.4) is 0 Å². The number of H-pyrrole nitrogens is 1. The lowest BCUT2D eigenvalue weighted by atomic mass is 10.1. The minimum absolute atomic E-state index is 0.259. The Kier molecular flexibility index (Phi) is 4.92. The first-order chi connectivity index (χ1) is 8.81. The molecule has 0 aliphatic heterocycles. The normalized spacial score (nSPS) is 12.8. The number of aliphatic hydroxyl groups is 1. The van der Waals surface area contributed by atoms with E-state index in [1.54, 1.807) is 11.3 Å². The Hall–Kier alpha value is -1.17. The molecule has 1 unspecified atom stereocenters. The molecule has 0 aliphatic rings. The molecule has 0 saturated carbocycles. The van der Waals surface area contributed by atoms with Crippen molar-refractivity contribution in [3.63, 3.8) is 0 Å². The van der Waals surface area contributed by atoms with Gasteiger partial charge in [-0.05, 0) is 30.3 Å². The summed E-state index contributed by atoms with van der Waals surface area (Å²) in [7, 11) is 0. The molecule has 0 saturated heterocycles. The smallest absolute Gasteiger partial charge is 0.0794 e. The van der Waals surface area contributed by atoms with E-state index in [-0.39, 0.29) is 6.61 Å². The molecule has 3 N–H and O–H groups in total. The molecule has 1 atom stereocenters. The highest BCUT2D eigenvalue weighted by Gasteiger charge is 2.08. The molecule has 4 nitrogen and oxygen atoms in total. The quantitative estimate of drug-likeness (QED) is 0.719. The number of aromatic amines is 1. The fourth-order valence-electron chi connectivity index (χ4n) is 1.85. The first-order valence-electron chi connectivity index (χ1n) is 6.19. The van der Waals surface area contributed by atoms with Crippen molar-refractivity contribution >= 4 is 11.3 Å². The van der Waals surface area contributed by atoms with Crippen LogP contribution in [0, 0.1) is 5.92 Å². The number of aliphatic hydroxyl groups excluding tert-OH is 1. The Morgan fingerprint density at radius 1 is 1.56 bits per heavy atom. The van der Waals surface area contributed by atoms with Gasteiger partial charge in [0, 0.05) is 18.7 Å². The van der Waals surface area contributed by atoms with Crippen molar-refractivity contribution in [3.8, 4) is 10.6 Å². The number of hydrogen-bond donors (Lipinski definition) is 3. The zero-order valence-electron chi connectivity index (χ0n) is 10.5. The molecule has 2 aromatic heterocycles. The van der Waals surface area contributed by atoms with Crippen molar-refractivity contribution in [3.05, 3.63) is 29.3 Å². The maximum Gasteiger partial charge on any atom is 0.0794 e. The molecule has 0 radical (unpaired) electrons. The molecule has 98 valence electrons. The van der Waals surface area contributed by atoms with Gasteiger partial charge < -0.3 is 10.4 Å². The lowest BCUT2D eigenvalue weighted by Crippen LogP contribution is -2.21. The minimum Gasteiger partial charge on any atom is -0.396 e. The molecule has 2 aromatic rings. The molecule has 0 fully saturated rings. The van der Waals surface area contributed by atoms with Gasteiger partial charge in [-0.25, -0.2) is 0 Å². The number of thiophene rings is 1. The van der Waals surface area contributed by atoms with Gasteiger partial charge in [-0.2, -0.15) is 5.10 Å². The van der Waals surface area contributed by atoms with E-state index >= 15 is 0 Å². The van der Waals surface area contributed by atoms with E-state index in [4.69, 9.17) is 5.11 Å².